The van der Waals surface area contributed by atoms with E-state index in [0.717, 1.165) is 32.4 Å². The highest BCUT2D eigenvalue weighted by molar-refractivity contribution is 5.86. The lowest BCUT2D eigenvalue weighted by Gasteiger charge is -2.28. The SMILES string of the molecule is CCCn1nccc1C1CNC(=O)C12CCCC2. The fourth-order valence-corrected chi connectivity index (χ4v) is 3.73. The molecule has 98 valence electrons. The molecule has 1 saturated carbocycles. The predicted molar refractivity (Wildman–Crippen MR) is 69.2 cm³/mol. The zero-order valence-electron chi connectivity index (χ0n) is 11.0. The molecule has 1 spiro atoms. The Labute approximate surface area is 108 Å². The van der Waals surface area contributed by atoms with E-state index in [1.54, 1.807) is 0 Å². The van der Waals surface area contributed by atoms with Gasteiger partial charge in [-0.25, -0.2) is 0 Å². The van der Waals surface area contributed by atoms with E-state index < -0.39 is 0 Å². The van der Waals surface area contributed by atoms with Gasteiger partial charge < -0.3 is 5.32 Å². The number of rotatable bonds is 3. The summed E-state index contributed by atoms with van der Waals surface area (Å²) < 4.78 is 2.09. The molecular weight excluding hydrogens is 226 g/mol. The molecule has 1 unspecified atom stereocenters. The Morgan fingerprint density at radius 1 is 1.50 bits per heavy atom. The number of amides is 1. The van der Waals surface area contributed by atoms with Crippen LogP contribution in [0.15, 0.2) is 12.3 Å². The fourth-order valence-electron chi connectivity index (χ4n) is 3.73. The maximum absolute atomic E-state index is 12.2. The second-order valence-corrected chi connectivity index (χ2v) is 5.61. The van der Waals surface area contributed by atoms with Gasteiger partial charge in [0, 0.05) is 30.9 Å². The van der Waals surface area contributed by atoms with Gasteiger partial charge in [0.25, 0.3) is 0 Å². The Kier molecular flexibility index (Phi) is 2.88. The monoisotopic (exact) mass is 247 g/mol. The molecule has 3 rings (SSSR count). The standard InChI is InChI=1S/C14H21N3O/c1-2-9-17-12(5-8-16-17)11-10-15-13(18)14(11)6-3-4-7-14/h5,8,11H,2-4,6-7,9-10H2,1H3,(H,15,18). The molecule has 0 radical (unpaired) electrons. The Bertz CT molecular complexity index is 446. The van der Waals surface area contributed by atoms with Gasteiger partial charge in [-0.3, -0.25) is 9.48 Å². The lowest BCUT2D eigenvalue weighted by Crippen LogP contribution is -2.32. The molecule has 2 aliphatic rings. The first-order valence-corrected chi connectivity index (χ1v) is 7.08. The van der Waals surface area contributed by atoms with Crippen molar-refractivity contribution >= 4 is 5.91 Å². The van der Waals surface area contributed by atoms with E-state index in [-0.39, 0.29) is 11.3 Å². The first-order chi connectivity index (χ1) is 8.78. The summed E-state index contributed by atoms with van der Waals surface area (Å²) in [6.07, 6.45) is 7.41. The summed E-state index contributed by atoms with van der Waals surface area (Å²) >= 11 is 0. The van der Waals surface area contributed by atoms with Crippen LogP contribution in [0, 0.1) is 5.41 Å². The van der Waals surface area contributed by atoms with Gasteiger partial charge in [0.1, 0.15) is 0 Å². The molecule has 1 aliphatic heterocycles. The van der Waals surface area contributed by atoms with Gasteiger partial charge in [-0.05, 0) is 25.3 Å². The average Bonchev–Trinajstić information content (AvgIpc) is 3.05. The molecule has 0 bridgehead atoms. The highest BCUT2D eigenvalue weighted by Gasteiger charge is 2.52. The first kappa shape index (κ1) is 11.8. The number of hydrogen-bond donors (Lipinski definition) is 1. The number of nitrogens with one attached hydrogen (secondary N) is 1. The van der Waals surface area contributed by atoms with Gasteiger partial charge in [-0.2, -0.15) is 5.10 Å². The lowest BCUT2D eigenvalue weighted by molar-refractivity contribution is -0.127. The van der Waals surface area contributed by atoms with Crippen LogP contribution < -0.4 is 5.32 Å². The van der Waals surface area contributed by atoms with E-state index in [0.29, 0.717) is 5.92 Å². The number of hydrogen-bond acceptors (Lipinski definition) is 2. The molecule has 1 amide bonds. The van der Waals surface area contributed by atoms with Gasteiger partial charge >= 0.3 is 0 Å². The van der Waals surface area contributed by atoms with Crippen LogP contribution in [0.3, 0.4) is 0 Å². The average molecular weight is 247 g/mol. The third kappa shape index (κ3) is 1.58. The van der Waals surface area contributed by atoms with Gasteiger partial charge in [0.05, 0.1) is 5.41 Å². The molecule has 1 aliphatic carbocycles. The van der Waals surface area contributed by atoms with Crippen LogP contribution in [-0.2, 0) is 11.3 Å². The van der Waals surface area contributed by atoms with Crippen LogP contribution in [0.5, 0.6) is 0 Å². The molecule has 18 heavy (non-hydrogen) atoms. The van der Waals surface area contributed by atoms with Crippen LogP contribution >= 0.6 is 0 Å². The Balaban J connectivity index is 1.95. The summed E-state index contributed by atoms with van der Waals surface area (Å²) in [5.74, 6) is 0.593. The minimum absolute atomic E-state index is 0.133. The number of aromatic nitrogens is 2. The quantitative estimate of drug-likeness (QED) is 0.888. The minimum atomic E-state index is -0.133. The second kappa shape index (κ2) is 4.41. The molecule has 1 atom stereocenters. The van der Waals surface area contributed by atoms with Crippen molar-refractivity contribution in [3.63, 3.8) is 0 Å². The number of nitrogens with zero attached hydrogens (tertiary/aromatic N) is 2. The van der Waals surface area contributed by atoms with Crippen molar-refractivity contribution in [2.24, 2.45) is 5.41 Å². The molecule has 4 heteroatoms. The highest BCUT2D eigenvalue weighted by atomic mass is 16.2. The third-order valence-corrected chi connectivity index (χ3v) is 4.62. The van der Waals surface area contributed by atoms with Crippen LogP contribution in [0.1, 0.15) is 50.6 Å². The number of aryl methyl sites for hydroxylation is 1. The number of carbonyl (C=O) groups is 1. The van der Waals surface area contributed by atoms with Gasteiger partial charge in [-0.1, -0.05) is 19.8 Å². The summed E-state index contributed by atoms with van der Waals surface area (Å²) in [7, 11) is 0. The summed E-state index contributed by atoms with van der Waals surface area (Å²) in [6, 6.07) is 2.10. The Morgan fingerprint density at radius 3 is 3.00 bits per heavy atom. The van der Waals surface area contributed by atoms with Gasteiger partial charge in [0.15, 0.2) is 0 Å². The molecule has 2 heterocycles. The summed E-state index contributed by atoms with van der Waals surface area (Å²) in [4.78, 5) is 12.2. The molecule has 1 aromatic rings. The van der Waals surface area contributed by atoms with E-state index in [9.17, 15) is 4.79 Å². The summed E-state index contributed by atoms with van der Waals surface area (Å²) in [6.45, 7) is 3.90. The van der Waals surface area contributed by atoms with Crippen molar-refractivity contribution < 1.29 is 4.79 Å². The Morgan fingerprint density at radius 2 is 2.28 bits per heavy atom. The number of carbonyl (C=O) groups excluding carboxylic acids is 1. The van der Waals surface area contributed by atoms with Crippen LogP contribution in [0.25, 0.3) is 0 Å². The Hall–Kier alpha value is -1.32. The third-order valence-electron chi connectivity index (χ3n) is 4.62. The van der Waals surface area contributed by atoms with Crippen LogP contribution in [0.4, 0.5) is 0 Å². The molecule has 1 aromatic heterocycles. The van der Waals surface area contributed by atoms with Crippen molar-refractivity contribution in [1.82, 2.24) is 15.1 Å². The van der Waals surface area contributed by atoms with Crippen molar-refractivity contribution in [3.05, 3.63) is 18.0 Å². The minimum Gasteiger partial charge on any atom is -0.355 e. The first-order valence-electron chi connectivity index (χ1n) is 7.08. The van der Waals surface area contributed by atoms with E-state index in [2.05, 4.69) is 28.1 Å². The lowest BCUT2D eigenvalue weighted by atomic mass is 9.74. The van der Waals surface area contributed by atoms with Crippen molar-refractivity contribution in [2.45, 2.75) is 51.5 Å². The van der Waals surface area contributed by atoms with Crippen molar-refractivity contribution in [2.75, 3.05) is 6.54 Å². The van der Waals surface area contributed by atoms with Gasteiger partial charge in [-0.15, -0.1) is 0 Å². The largest absolute Gasteiger partial charge is 0.355 e. The molecule has 1 N–H and O–H groups in total. The van der Waals surface area contributed by atoms with Crippen molar-refractivity contribution in [1.29, 1.82) is 0 Å². The molecule has 2 fully saturated rings. The summed E-state index contributed by atoms with van der Waals surface area (Å²) in [5, 5.41) is 7.49. The predicted octanol–water partition coefficient (Wildman–Crippen LogP) is 2.07. The van der Waals surface area contributed by atoms with Crippen LogP contribution in [0.2, 0.25) is 0 Å². The zero-order chi connectivity index (χ0) is 12.6. The molecule has 0 aromatic carbocycles. The fraction of sp³-hybridized carbons (Fsp3) is 0.714. The smallest absolute Gasteiger partial charge is 0.226 e. The van der Waals surface area contributed by atoms with E-state index >= 15 is 0 Å². The second-order valence-electron chi connectivity index (χ2n) is 5.61. The zero-order valence-corrected chi connectivity index (χ0v) is 11.0. The molecule has 4 nitrogen and oxygen atoms in total. The highest BCUT2D eigenvalue weighted by Crippen LogP contribution is 2.51. The summed E-state index contributed by atoms with van der Waals surface area (Å²) in [5.41, 5.74) is 1.11. The normalized spacial score (nSPS) is 25.8. The topological polar surface area (TPSA) is 46.9 Å². The van der Waals surface area contributed by atoms with E-state index in [1.807, 2.05) is 6.20 Å². The van der Waals surface area contributed by atoms with E-state index in [1.165, 1.54) is 18.5 Å². The van der Waals surface area contributed by atoms with E-state index in [4.69, 9.17) is 0 Å². The van der Waals surface area contributed by atoms with Crippen molar-refractivity contribution in [3.8, 4) is 0 Å². The maximum atomic E-state index is 12.2. The maximum Gasteiger partial charge on any atom is 0.226 e. The van der Waals surface area contributed by atoms with Gasteiger partial charge in [0.2, 0.25) is 5.91 Å². The molecular formula is C14H21N3O. The molecule has 1 saturated heterocycles. The van der Waals surface area contributed by atoms with Crippen LogP contribution in [-0.4, -0.2) is 22.2 Å².